The molecule has 2 N–H and O–H groups in total. The first-order valence-corrected chi connectivity index (χ1v) is 9.05. The van der Waals surface area contributed by atoms with Crippen molar-refractivity contribution in [3.8, 4) is 5.69 Å². The lowest BCUT2D eigenvalue weighted by Gasteiger charge is -2.23. The Bertz CT molecular complexity index is 715. The highest BCUT2D eigenvalue weighted by Gasteiger charge is 2.25. The predicted octanol–water partition coefficient (Wildman–Crippen LogP) is 2.73. The van der Waals surface area contributed by atoms with Gasteiger partial charge in [-0.05, 0) is 49.4 Å². The molecule has 6 heteroatoms. The second kappa shape index (κ2) is 7.27. The Morgan fingerprint density at radius 2 is 2.04 bits per heavy atom. The molecule has 6 nitrogen and oxygen atoms in total. The van der Waals surface area contributed by atoms with E-state index < -0.39 is 0 Å². The van der Waals surface area contributed by atoms with E-state index in [-0.39, 0.29) is 12.1 Å². The van der Waals surface area contributed by atoms with Gasteiger partial charge >= 0.3 is 6.03 Å². The Labute approximate surface area is 147 Å². The molecular weight excluding hydrogens is 316 g/mol. The van der Waals surface area contributed by atoms with Crippen molar-refractivity contribution in [1.29, 1.82) is 0 Å². The second-order valence-corrected chi connectivity index (χ2v) is 6.87. The minimum atomic E-state index is -0.138. The summed E-state index contributed by atoms with van der Waals surface area (Å²) in [5.74, 6) is 0.665. The van der Waals surface area contributed by atoms with Gasteiger partial charge in [-0.3, -0.25) is 0 Å². The van der Waals surface area contributed by atoms with Gasteiger partial charge in [-0.15, -0.1) is 0 Å². The average Bonchev–Trinajstić information content (AvgIpc) is 3.38. The van der Waals surface area contributed by atoms with E-state index in [9.17, 15) is 4.79 Å². The van der Waals surface area contributed by atoms with Gasteiger partial charge in [-0.2, -0.15) is 5.10 Å². The summed E-state index contributed by atoms with van der Waals surface area (Å²) in [6, 6.07) is 10.2. The van der Waals surface area contributed by atoms with Gasteiger partial charge in [-0.1, -0.05) is 12.1 Å². The standard InChI is InChI=1S/C19H24N4O2/c24-19(21-16-2-1-11-25-13-16)20-12-14-3-7-17(8-4-14)23-10-9-18(22-23)15-5-6-15/h3-4,7-10,15-16H,1-2,5-6,11-13H2,(H2,20,21,24)/t16-/m0/s1. The van der Waals surface area contributed by atoms with Crippen molar-refractivity contribution in [1.82, 2.24) is 20.4 Å². The molecular formula is C19H24N4O2. The quantitative estimate of drug-likeness (QED) is 0.879. The number of hydrogen-bond donors (Lipinski definition) is 2. The topological polar surface area (TPSA) is 68.2 Å². The first kappa shape index (κ1) is 16.1. The van der Waals surface area contributed by atoms with Crippen molar-refractivity contribution in [2.45, 2.75) is 44.2 Å². The van der Waals surface area contributed by atoms with Gasteiger partial charge in [0.15, 0.2) is 0 Å². The van der Waals surface area contributed by atoms with Gasteiger partial charge in [0.1, 0.15) is 0 Å². The Hall–Kier alpha value is -2.34. The van der Waals surface area contributed by atoms with Crippen molar-refractivity contribution in [3.05, 3.63) is 47.8 Å². The van der Waals surface area contributed by atoms with Crippen molar-refractivity contribution >= 4 is 6.03 Å². The molecule has 1 saturated heterocycles. The van der Waals surface area contributed by atoms with E-state index >= 15 is 0 Å². The van der Waals surface area contributed by atoms with Crippen LogP contribution in [0.25, 0.3) is 5.69 Å². The van der Waals surface area contributed by atoms with Crippen LogP contribution in [-0.2, 0) is 11.3 Å². The number of hydrogen-bond acceptors (Lipinski definition) is 3. The third kappa shape index (κ3) is 4.20. The Morgan fingerprint density at radius 1 is 1.20 bits per heavy atom. The molecule has 1 aliphatic carbocycles. The lowest BCUT2D eigenvalue weighted by atomic mass is 10.1. The van der Waals surface area contributed by atoms with E-state index in [1.807, 2.05) is 35.1 Å². The Morgan fingerprint density at radius 3 is 2.76 bits per heavy atom. The molecule has 0 unspecified atom stereocenters. The number of amides is 2. The van der Waals surface area contributed by atoms with Gasteiger partial charge in [0.25, 0.3) is 0 Å². The molecule has 1 aliphatic heterocycles. The summed E-state index contributed by atoms with van der Waals surface area (Å²) in [5, 5.41) is 10.5. The van der Waals surface area contributed by atoms with Gasteiger partial charge in [0.05, 0.1) is 24.0 Å². The van der Waals surface area contributed by atoms with E-state index in [2.05, 4.69) is 21.8 Å². The summed E-state index contributed by atoms with van der Waals surface area (Å²) in [6.45, 7) is 1.91. The van der Waals surface area contributed by atoms with Crippen LogP contribution in [0.4, 0.5) is 4.79 Å². The highest BCUT2D eigenvalue weighted by atomic mass is 16.5. The Balaban J connectivity index is 1.28. The van der Waals surface area contributed by atoms with Crippen LogP contribution in [-0.4, -0.2) is 35.1 Å². The maximum atomic E-state index is 12.0. The summed E-state index contributed by atoms with van der Waals surface area (Å²) < 4.78 is 7.29. The lowest BCUT2D eigenvalue weighted by Crippen LogP contribution is -2.45. The summed E-state index contributed by atoms with van der Waals surface area (Å²) in [5.41, 5.74) is 3.29. The monoisotopic (exact) mass is 340 g/mol. The van der Waals surface area contributed by atoms with Crippen LogP contribution in [0.2, 0.25) is 0 Å². The smallest absolute Gasteiger partial charge is 0.315 e. The molecule has 1 aromatic heterocycles. The van der Waals surface area contributed by atoms with Crippen LogP contribution in [0, 0.1) is 0 Å². The average molecular weight is 340 g/mol. The first-order valence-electron chi connectivity index (χ1n) is 9.05. The number of ether oxygens (including phenoxy) is 1. The number of benzene rings is 1. The van der Waals surface area contributed by atoms with E-state index in [0.717, 1.165) is 30.7 Å². The molecule has 1 saturated carbocycles. The molecule has 2 amide bonds. The molecule has 2 aliphatic rings. The summed E-state index contributed by atoms with van der Waals surface area (Å²) in [4.78, 5) is 12.0. The fourth-order valence-corrected chi connectivity index (χ4v) is 3.12. The number of carbonyl (C=O) groups excluding carboxylic acids is 1. The molecule has 1 aromatic carbocycles. The van der Waals surface area contributed by atoms with Gasteiger partial charge < -0.3 is 15.4 Å². The predicted molar refractivity (Wildman–Crippen MR) is 94.8 cm³/mol. The van der Waals surface area contributed by atoms with Crippen LogP contribution < -0.4 is 10.6 Å². The van der Waals surface area contributed by atoms with Crippen LogP contribution in [0.15, 0.2) is 36.5 Å². The van der Waals surface area contributed by atoms with Crippen LogP contribution in [0.5, 0.6) is 0 Å². The number of rotatable bonds is 5. The zero-order chi connectivity index (χ0) is 17.1. The number of nitrogens with one attached hydrogen (secondary N) is 2. The van der Waals surface area contributed by atoms with Gasteiger partial charge in [0.2, 0.25) is 0 Å². The molecule has 2 aromatic rings. The number of nitrogens with zero attached hydrogens (tertiary/aromatic N) is 2. The summed E-state index contributed by atoms with van der Waals surface area (Å²) in [6.07, 6.45) is 6.52. The molecule has 0 radical (unpaired) electrons. The summed E-state index contributed by atoms with van der Waals surface area (Å²) >= 11 is 0. The largest absolute Gasteiger partial charge is 0.379 e. The van der Waals surface area contributed by atoms with Crippen molar-refractivity contribution in [3.63, 3.8) is 0 Å². The molecule has 4 rings (SSSR count). The first-order chi connectivity index (χ1) is 12.3. The maximum Gasteiger partial charge on any atom is 0.315 e. The van der Waals surface area contributed by atoms with E-state index in [4.69, 9.17) is 4.74 Å². The zero-order valence-corrected chi connectivity index (χ0v) is 14.3. The van der Waals surface area contributed by atoms with Crippen LogP contribution >= 0.6 is 0 Å². The van der Waals surface area contributed by atoms with Crippen molar-refractivity contribution < 1.29 is 9.53 Å². The third-order valence-corrected chi connectivity index (χ3v) is 4.75. The van der Waals surface area contributed by atoms with Crippen LogP contribution in [0.3, 0.4) is 0 Å². The molecule has 2 heterocycles. The molecule has 1 atom stereocenters. The third-order valence-electron chi connectivity index (χ3n) is 4.75. The summed E-state index contributed by atoms with van der Waals surface area (Å²) in [7, 11) is 0. The highest BCUT2D eigenvalue weighted by molar-refractivity contribution is 5.74. The van der Waals surface area contributed by atoms with Crippen LogP contribution in [0.1, 0.15) is 42.9 Å². The molecule has 25 heavy (non-hydrogen) atoms. The fraction of sp³-hybridized carbons (Fsp3) is 0.474. The normalized spacial score (nSPS) is 20.2. The Kier molecular flexibility index (Phi) is 4.70. The number of aromatic nitrogens is 2. The van der Waals surface area contributed by atoms with E-state index in [1.54, 1.807) is 0 Å². The van der Waals surface area contributed by atoms with Gasteiger partial charge in [0, 0.05) is 25.3 Å². The number of carbonyl (C=O) groups is 1. The molecule has 0 spiro atoms. The zero-order valence-electron chi connectivity index (χ0n) is 14.3. The van der Waals surface area contributed by atoms with E-state index in [1.165, 1.54) is 18.5 Å². The van der Waals surface area contributed by atoms with Gasteiger partial charge in [-0.25, -0.2) is 9.48 Å². The van der Waals surface area contributed by atoms with Crippen molar-refractivity contribution in [2.75, 3.05) is 13.2 Å². The SMILES string of the molecule is O=C(NCc1ccc(-n2ccc(C3CC3)n2)cc1)N[C@H]1CCCOC1. The van der Waals surface area contributed by atoms with Crippen molar-refractivity contribution in [2.24, 2.45) is 0 Å². The molecule has 2 fully saturated rings. The molecule has 132 valence electrons. The molecule has 0 bridgehead atoms. The lowest BCUT2D eigenvalue weighted by molar-refractivity contribution is 0.0732. The number of urea groups is 1. The van der Waals surface area contributed by atoms with E-state index in [0.29, 0.717) is 19.1 Å². The maximum absolute atomic E-state index is 12.0. The highest BCUT2D eigenvalue weighted by Crippen LogP contribution is 2.39. The minimum Gasteiger partial charge on any atom is -0.379 e. The second-order valence-electron chi connectivity index (χ2n) is 6.87. The minimum absolute atomic E-state index is 0.122. The fourth-order valence-electron chi connectivity index (χ4n) is 3.12.